The number of nitrogens with zero attached hydrogens (tertiary/aromatic N) is 1. The fraction of sp³-hybridized carbons (Fsp3) is 0.500. The molecule has 2 unspecified atom stereocenters. The van der Waals surface area contributed by atoms with Crippen LogP contribution in [-0.4, -0.2) is 40.3 Å². The van der Waals surface area contributed by atoms with E-state index in [1.807, 2.05) is 13.8 Å². The van der Waals surface area contributed by atoms with Crippen molar-refractivity contribution in [3.05, 3.63) is 34.7 Å². The van der Waals surface area contributed by atoms with E-state index in [-0.39, 0.29) is 40.0 Å². The number of carbonyl (C=O) groups excluding carboxylic acids is 3. The van der Waals surface area contributed by atoms with Gasteiger partial charge in [0, 0.05) is 16.8 Å². The summed E-state index contributed by atoms with van der Waals surface area (Å²) in [4.78, 5) is 40.8. The Morgan fingerprint density at radius 2 is 2.03 bits per heavy atom. The van der Waals surface area contributed by atoms with Gasteiger partial charge < -0.3 is 20.9 Å². The molecule has 4 N–H and O–H groups in total. The number of halogens is 2. The summed E-state index contributed by atoms with van der Waals surface area (Å²) >= 11 is 5.81. The molecule has 3 amide bonds. The number of benzene rings is 1. The Morgan fingerprint density at radius 1 is 1.29 bits per heavy atom. The van der Waals surface area contributed by atoms with Crippen LogP contribution in [0.15, 0.2) is 18.2 Å². The third-order valence-electron chi connectivity index (χ3n) is 6.40. The zero-order chi connectivity index (χ0) is 24.6. The van der Waals surface area contributed by atoms with Gasteiger partial charge in [-0.15, -0.1) is 0 Å². The Hall–Kier alpha value is -3.12. The second kappa shape index (κ2) is 9.26. The molecule has 4 rings (SSSR count). The van der Waals surface area contributed by atoms with Gasteiger partial charge in [-0.2, -0.15) is 5.26 Å². The highest BCUT2D eigenvalue weighted by atomic mass is 35.5. The number of nitrogens with one attached hydrogen (secondary N) is 4. The molecule has 1 saturated carbocycles. The lowest BCUT2D eigenvalue weighted by molar-refractivity contribution is -0.125. The summed E-state index contributed by atoms with van der Waals surface area (Å²) in [6.07, 6.45) is 3.14. The van der Waals surface area contributed by atoms with Crippen LogP contribution in [-0.2, 0) is 9.59 Å². The van der Waals surface area contributed by atoms with E-state index in [0.717, 1.165) is 12.8 Å². The standard InChI is InChI=1S/C24H27ClFN5O3/c1-24(2)10-14(21(32)31-24)8-15(11-27)28-22(33)17(7-12-3-4-12)30-23(34)18-9-13-5-6-16(25)19(26)20(13)29-18/h5-6,9,12,14-15,17,29H,3-4,7-8,10H2,1-2H3,(H,28,33)(H,30,34)(H,31,32)/t14-,15?,17?/m1/s1. The predicted molar refractivity (Wildman–Crippen MR) is 124 cm³/mol. The molecule has 0 bridgehead atoms. The minimum atomic E-state index is -0.861. The highest BCUT2D eigenvalue weighted by Crippen LogP contribution is 2.34. The molecule has 1 aliphatic carbocycles. The van der Waals surface area contributed by atoms with E-state index in [1.165, 1.54) is 12.1 Å². The zero-order valence-corrected chi connectivity index (χ0v) is 19.8. The van der Waals surface area contributed by atoms with Crippen molar-refractivity contribution in [2.24, 2.45) is 11.8 Å². The maximum absolute atomic E-state index is 14.3. The van der Waals surface area contributed by atoms with E-state index in [9.17, 15) is 24.0 Å². The molecule has 2 fully saturated rings. The second-order valence-corrected chi connectivity index (χ2v) is 10.3. The van der Waals surface area contributed by atoms with Crippen molar-refractivity contribution in [1.82, 2.24) is 20.9 Å². The van der Waals surface area contributed by atoms with Crippen molar-refractivity contribution in [2.75, 3.05) is 0 Å². The molecular formula is C24H27ClFN5O3. The van der Waals surface area contributed by atoms with Crippen molar-refractivity contribution in [3.8, 4) is 6.07 Å². The third-order valence-corrected chi connectivity index (χ3v) is 6.69. The number of nitriles is 1. The number of amides is 3. The molecule has 2 heterocycles. The van der Waals surface area contributed by atoms with Gasteiger partial charge in [0.1, 0.15) is 17.8 Å². The molecule has 10 heteroatoms. The smallest absolute Gasteiger partial charge is 0.268 e. The number of fused-ring (bicyclic) bond motifs is 1. The number of carbonyl (C=O) groups is 3. The van der Waals surface area contributed by atoms with Crippen LogP contribution < -0.4 is 16.0 Å². The minimum Gasteiger partial charge on any atom is -0.351 e. The number of aromatic amines is 1. The number of rotatable bonds is 8. The lowest BCUT2D eigenvalue weighted by Crippen LogP contribution is -2.50. The van der Waals surface area contributed by atoms with Crippen molar-refractivity contribution in [3.63, 3.8) is 0 Å². The molecule has 2 aliphatic rings. The Bertz CT molecular complexity index is 1180. The molecule has 0 radical (unpaired) electrons. The lowest BCUT2D eigenvalue weighted by atomic mass is 9.92. The Morgan fingerprint density at radius 3 is 2.65 bits per heavy atom. The number of H-pyrrole nitrogens is 1. The number of aromatic nitrogens is 1. The van der Waals surface area contributed by atoms with Gasteiger partial charge in [-0.3, -0.25) is 14.4 Å². The molecule has 1 aromatic carbocycles. The molecular weight excluding hydrogens is 461 g/mol. The van der Waals surface area contributed by atoms with Crippen LogP contribution in [0.25, 0.3) is 10.9 Å². The van der Waals surface area contributed by atoms with Crippen LogP contribution >= 0.6 is 11.6 Å². The first kappa shape index (κ1) is 24.0. The summed E-state index contributed by atoms with van der Waals surface area (Å²) < 4.78 is 14.3. The Balaban J connectivity index is 1.44. The summed E-state index contributed by atoms with van der Waals surface area (Å²) in [5, 5.41) is 18.3. The van der Waals surface area contributed by atoms with Crippen molar-refractivity contribution >= 4 is 40.2 Å². The average Bonchev–Trinajstić information content (AvgIpc) is 3.41. The first-order valence-electron chi connectivity index (χ1n) is 11.4. The van der Waals surface area contributed by atoms with E-state index in [2.05, 4.69) is 27.0 Å². The van der Waals surface area contributed by atoms with Gasteiger partial charge in [-0.05, 0) is 51.2 Å². The highest BCUT2D eigenvalue weighted by Gasteiger charge is 2.39. The first-order chi connectivity index (χ1) is 16.1. The van der Waals surface area contributed by atoms with Gasteiger partial charge in [-0.1, -0.05) is 30.5 Å². The van der Waals surface area contributed by atoms with Crippen LogP contribution in [0.5, 0.6) is 0 Å². The van der Waals surface area contributed by atoms with E-state index in [4.69, 9.17) is 11.6 Å². The molecule has 8 nitrogen and oxygen atoms in total. The summed E-state index contributed by atoms with van der Waals surface area (Å²) in [7, 11) is 0. The SMILES string of the molecule is CC1(C)C[C@@H](CC(C#N)NC(=O)C(CC2CC2)NC(=O)c2cc3ccc(Cl)c(F)c3[nH]2)C(=O)N1. The predicted octanol–water partition coefficient (Wildman–Crippen LogP) is 3.17. The molecule has 0 spiro atoms. The topological polar surface area (TPSA) is 127 Å². The van der Waals surface area contributed by atoms with Crippen LogP contribution in [0.3, 0.4) is 0 Å². The van der Waals surface area contributed by atoms with E-state index < -0.39 is 29.7 Å². The van der Waals surface area contributed by atoms with Gasteiger partial charge >= 0.3 is 0 Å². The first-order valence-corrected chi connectivity index (χ1v) is 11.7. The van der Waals surface area contributed by atoms with E-state index in [1.54, 1.807) is 6.07 Å². The molecule has 2 aromatic rings. The van der Waals surface area contributed by atoms with Gasteiger partial charge in [0.25, 0.3) is 5.91 Å². The monoisotopic (exact) mass is 487 g/mol. The minimum absolute atomic E-state index is 0.0610. The zero-order valence-electron chi connectivity index (χ0n) is 19.0. The quantitative estimate of drug-likeness (QED) is 0.456. The van der Waals surface area contributed by atoms with E-state index in [0.29, 0.717) is 24.1 Å². The molecule has 1 aromatic heterocycles. The average molecular weight is 488 g/mol. The maximum Gasteiger partial charge on any atom is 0.268 e. The number of hydrogen-bond acceptors (Lipinski definition) is 4. The molecule has 1 saturated heterocycles. The van der Waals surface area contributed by atoms with Crippen LogP contribution in [0.4, 0.5) is 4.39 Å². The lowest BCUT2D eigenvalue weighted by Gasteiger charge is -2.21. The van der Waals surface area contributed by atoms with Crippen molar-refractivity contribution in [1.29, 1.82) is 5.26 Å². The number of hydrogen-bond donors (Lipinski definition) is 4. The Kier molecular flexibility index (Phi) is 6.54. The molecule has 34 heavy (non-hydrogen) atoms. The molecule has 3 atom stereocenters. The van der Waals surface area contributed by atoms with Crippen molar-refractivity contribution < 1.29 is 18.8 Å². The van der Waals surface area contributed by atoms with Gasteiger partial charge in [0.2, 0.25) is 11.8 Å². The van der Waals surface area contributed by atoms with Gasteiger partial charge in [0.15, 0.2) is 5.82 Å². The largest absolute Gasteiger partial charge is 0.351 e. The summed E-state index contributed by atoms with van der Waals surface area (Å²) in [5.41, 5.74) is -0.132. The maximum atomic E-state index is 14.3. The highest BCUT2D eigenvalue weighted by molar-refractivity contribution is 6.31. The summed E-state index contributed by atoms with van der Waals surface area (Å²) in [6.45, 7) is 3.83. The molecule has 180 valence electrons. The second-order valence-electron chi connectivity index (χ2n) is 9.91. The Labute approximate surface area is 201 Å². The summed E-state index contributed by atoms with van der Waals surface area (Å²) in [5.74, 6) is -1.87. The normalized spacial score (nSPS) is 20.9. The fourth-order valence-electron chi connectivity index (χ4n) is 4.50. The van der Waals surface area contributed by atoms with Crippen LogP contribution in [0.2, 0.25) is 5.02 Å². The van der Waals surface area contributed by atoms with Crippen LogP contribution in [0.1, 0.15) is 56.4 Å². The van der Waals surface area contributed by atoms with E-state index >= 15 is 0 Å². The third kappa shape index (κ3) is 5.33. The molecule has 1 aliphatic heterocycles. The van der Waals surface area contributed by atoms with Crippen molar-refractivity contribution in [2.45, 2.75) is 63.6 Å². The van der Waals surface area contributed by atoms with Gasteiger partial charge in [-0.25, -0.2) is 4.39 Å². The van der Waals surface area contributed by atoms with Gasteiger partial charge in [0.05, 0.1) is 16.6 Å². The van der Waals surface area contributed by atoms with Crippen LogP contribution in [0, 0.1) is 29.0 Å². The fourth-order valence-corrected chi connectivity index (χ4v) is 4.66. The summed E-state index contributed by atoms with van der Waals surface area (Å²) in [6, 6.07) is 4.84.